The van der Waals surface area contributed by atoms with Gasteiger partial charge in [0.1, 0.15) is 6.10 Å². The highest BCUT2D eigenvalue weighted by Crippen LogP contribution is 1.82. The zero-order valence-corrected chi connectivity index (χ0v) is 4.35. The third kappa shape index (κ3) is 2.42. The number of hydrogen-bond donors (Lipinski definition) is 2. The second-order valence-electron chi connectivity index (χ2n) is 1.07. The summed E-state index contributed by atoms with van der Waals surface area (Å²) in [5.74, 6) is -0.912. The Morgan fingerprint density at radius 3 is 2.43 bits per heavy atom. The molecule has 1 amide bonds. The smallest absolute Gasteiger partial charge is 0.247 e. The zero-order chi connectivity index (χ0) is 5.86. The maximum atomic E-state index is 9.82. The van der Waals surface area contributed by atoms with Gasteiger partial charge in [0.15, 0.2) is 0 Å². The number of amides is 1. The van der Waals surface area contributed by atoms with Crippen molar-refractivity contribution in [2.24, 2.45) is 5.73 Å². The molecule has 0 bridgehead atoms. The lowest BCUT2D eigenvalue weighted by atomic mass is 10.4. The van der Waals surface area contributed by atoms with Crippen LogP contribution in [0.5, 0.6) is 0 Å². The molecule has 4 heteroatoms. The van der Waals surface area contributed by atoms with Crippen molar-refractivity contribution >= 4 is 17.5 Å². The molecule has 7 heavy (non-hydrogen) atoms. The Labute approximate surface area is 46.1 Å². The molecule has 0 saturated carbocycles. The Morgan fingerprint density at radius 1 is 2.00 bits per heavy atom. The van der Waals surface area contributed by atoms with E-state index >= 15 is 0 Å². The van der Waals surface area contributed by atoms with Crippen molar-refractivity contribution in [2.75, 3.05) is 5.88 Å². The summed E-state index contributed by atoms with van der Waals surface area (Å²) in [6.45, 7) is 0. The first kappa shape index (κ1) is 6.72. The average Bonchev–Trinajstić information content (AvgIpc) is 1.65. The van der Waals surface area contributed by atoms with Crippen molar-refractivity contribution in [3.8, 4) is 0 Å². The molecule has 0 aromatic carbocycles. The van der Waals surface area contributed by atoms with E-state index in [1.165, 1.54) is 0 Å². The van der Waals surface area contributed by atoms with Crippen LogP contribution in [0, 0.1) is 0 Å². The van der Waals surface area contributed by atoms with Crippen molar-refractivity contribution in [1.82, 2.24) is 0 Å². The Bertz CT molecular complexity index is 75.3. The molecule has 0 fully saturated rings. The van der Waals surface area contributed by atoms with E-state index in [1.54, 1.807) is 0 Å². The van der Waals surface area contributed by atoms with Crippen LogP contribution in [0.15, 0.2) is 0 Å². The minimum Gasteiger partial charge on any atom is -0.382 e. The van der Waals surface area contributed by atoms with Crippen molar-refractivity contribution < 1.29 is 9.90 Å². The van der Waals surface area contributed by atoms with Gasteiger partial charge in [-0.3, -0.25) is 4.79 Å². The van der Waals surface area contributed by atoms with Gasteiger partial charge in [0, 0.05) is 0 Å². The van der Waals surface area contributed by atoms with E-state index in [1.807, 2.05) is 0 Å². The van der Waals surface area contributed by atoms with Gasteiger partial charge in [0.05, 0.1) is 5.88 Å². The number of rotatable bonds is 2. The van der Waals surface area contributed by atoms with Gasteiger partial charge in [-0.2, -0.15) is 0 Å². The molecule has 3 nitrogen and oxygen atoms in total. The summed E-state index contributed by atoms with van der Waals surface area (Å²) < 4.78 is 0. The number of hydrogen-bond acceptors (Lipinski definition) is 2. The second kappa shape index (κ2) is 2.82. The summed E-state index contributed by atoms with van der Waals surface area (Å²) in [7, 11) is 0. The summed E-state index contributed by atoms with van der Waals surface area (Å²) in [5, 5.41) is 8.33. The molecule has 0 aliphatic heterocycles. The van der Waals surface area contributed by atoms with Gasteiger partial charge in [-0.1, -0.05) is 0 Å². The summed E-state index contributed by atoms with van der Waals surface area (Å²) in [6.07, 6.45) is -1.19. The molecule has 1 unspecified atom stereocenters. The molecule has 0 spiro atoms. The summed E-state index contributed by atoms with van der Waals surface area (Å²) in [4.78, 5) is 9.82. The van der Waals surface area contributed by atoms with E-state index in [0.717, 1.165) is 0 Å². The van der Waals surface area contributed by atoms with Crippen LogP contribution in [0.4, 0.5) is 0 Å². The third-order valence-corrected chi connectivity index (χ3v) is 0.767. The van der Waals surface area contributed by atoms with Crippen LogP contribution >= 0.6 is 11.6 Å². The number of aliphatic hydroxyl groups is 1. The van der Waals surface area contributed by atoms with Crippen LogP contribution in [0.1, 0.15) is 0 Å². The number of carbonyl (C=O) groups excluding carboxylic acids is 1. The molecule has 0 rings (SSSR count). The van der Waals surface area contributed by atoms with Crippen LogP contribution in [-0.2, 0) is 4.79 Å². The van der Waals surface area contributed by atoms with Crippen molar-refractivity contribution in [2.45, 2.75) is 6.10 Å². The van der Waals surface area contributed by atoms with E-state index in [9.17, 15) is 4.79 Å². The lowest BCUT2D eigenvalue weighted by molar-refractivity contribution is -0.124. The highest BCUT2D eigenvalue weighted by atomic mass is 35.5. The largest absolute Gasteiger partial charge is 0.382 e. The molecular formula is C3H6ClNO2. The summed E-state index contributed by atoms with van der Waals surface area (Å²) in [6, 6.07) is 0. The Hall–Kier alpha value is -0.280. The Balaban J connectivity index is 3.34. The van der Waals surface area contributed by atoms with E-state index in [-0.39, 0.29) is 5.88 Å². The number of aliphatic hydroxyl groups excluding tert-OH is 1. The minimum atomic E-state index is -1.19. The fourth-order valence-corrected chi connectivity index (χ4v) is 0.228. The SMILES string of the molecule is NC(=O)C(O)CCl. The van der Waals surface area contributed by atoms with Gasteiger partial charge in [0.25, 0.3) is 0 Å². The lowest BCUT2D eigenvalue weighted by Gasteiger charge is -1.95. The van der Waals surface area contributed by atoms with E-state index in [4.69, 9.17) is 16.7 Å². The lowest BCUT2D eigenvalue weighted by Crippen LogP contribution is -2.29. The number of nitrogens with two attached hydrogens (primary N) is 1. The molecule has 0 aromatic rings. The van der Waals surface area contributed by atoms with Crippen LogP contribution in [0.2, 0.25) is 0 Å². The minimum absolute atomic E-state index is 0.130. The predicted octanol–water partition coefficient (Wildman–Crippen LogP) is -0.929. The molecule has 0 aliphatic carbocycles. The molecule has 0 aromatic heterocycles. The molecule has 0 aliphatic rings. The summed E-state index contributed by atoms with van der Waals surface area (Å²) in [5.41, 5.74) is 4.57. The van der Waals surface area contributed by atoms with Gasteiger partial charge >= 0.3 is 0 Å². The first-order valence-electron chi connectivity index (χ1n) is 1.72. The van der Waals surface area contributed by atoms with Gasteiger partial charge in [-0.15, -0.1) is 11.6 Å². The normalized spacial score (nSPS) is 13.4. The average molecular weight is 124 g/mol. The maximum absolute atomic E-state index is 9.82. The molecule has 0 radical (unpaired) electrons. The molecule has 3 N–H and O–H groups in total. The second-order valence-corrected chi connectivity index (χ2v) is 1.38. The number of primary amides is 1. The molecule has 1 atom stereocenters. The van der Waals surface area contributed by atoms with E-state index < -0.39 is 12.0 Å². The summed E-state index contributed by atoms with van der Waals surface area (Å²) >= 11 is 5.00. The van der Waals surface area contributed by atoms with Gasteiger partial charge in [-0.05, 0) is 0 Å². The van der Waals surface area contributed by atoms with Crippen LogP contribution < -0.4 is 5.73 Å². The first-order chi connectivity index (χ1) is 3.18. The monoisotopic (exact) mass is 123 g/mol. The Morgan fingerprint density at radius 2 is 2.43 bits per heavy atom. The molecular weight excluding hydrogens is 117 g/mol. The topological polar surface area (TPSA) is 63.3 Å². The number of carbonyl (C=O) groups is 1. The highest BCUT2D eigenvalue weighted by Gasteiger charge is 2.06. The van der Waals surface area contributed by atoms with E-state index in [0.29, 0.717) is 0 Å². The molecule has 0 saturated heterocycles. The number of halogens is 1. The maximum Gasteiger partial charge on any atom is 0.247 e. The number of alkyl halides is 1. The van der Waals surface area contributed by atoms with Gasteiger partial charge in [-0.25, -0.2) is 0 Å². The van der Waals surface area contributed by atoms with Crippen molar-refractivity contribution in [1.29, 1.82) is 0 Å². The third-order valence-electron chi connectivity index (χ3n) is 0.475. The van der Waals surface area contributed by atoms with Crippen LogP contribution in [0.25, 0.3) is 0 Å². The molecule has 0 heterocycles. The highest BCUT2D eigenvalue weighted by molar-refractivity contribution is 6.19. The fraction of sp³-hybridized carbons (Fsp3) is 0.667. The Kier molecular flexibility index (Phi) is 2.71. The van der Waals surface area contributed by atoms with Gasteiger partial charge < -0.3 is 10.8 Å². The van der Waals surface area contributed by atoms with Crippen LogP contribution in [-0.4, -0.2) is 23.0 Å². The van der Waals surface area contributed by atoms with Crippen molar-refractivity contribution in [3.05, 3.63) is 0 Å². The van der Waals surface area contributed by atoms with E-state index in [2.05, 4.69) is 5.73 Å². The van der Waals surface area contributed by atoms with Crippen molar-refractivity contribution in [3.63, 3.8) is 0 Å². The standard InChI is InChI=1S/C3H6ClNO2/c4-1-2(6)3(5)7/h2,6H,1H2,(H2,5,7). The fourth-order valence-electron chi connectivity index (χ4n) is 0.0760. The van der Waals surface area contributed by atoms with Gasteiger partial charge in [0.2, 0.25) is 5.91 Å². The molecule has 42 valence electrons. The predicted molar refractivity (Wildman–Crippen MR) is 25.9 cm³/mol. The quantitative estimate of drug-likeness (QED) is 0.466. The zero-order valence-electron chi connectivity index (χ0n) is 3.60. The van der Waals surface area contributed by atoms with Crippen LogP contribution in [0.3, 0.4) is 0 Å². The first-order valence-corrected chi connectivity index (χ1v) is 2.25.